The molecular formula is C26H21ClFNO3. The minimum atomic E-state index is -0.983. The van der Waals surface area contributed by atoms with Crippen molar-refractivity contribution >= 4 is 34.7 Å². The standard InChI is InChI=1S/C26H21ClFNO3/c1-15(2)17-5-4-8-21(14-17)29-23(18-6-3-7-20(28)13-18)22(25(31)26(29)32)24(30)16-9-11-19(27)12-10-16/h3-15,23,30H,1-2H3/b24-22+. The second-order valence-electron chi connectivity index (χ2n) is 7.98. The van der Waals surface area contributed by atoms with E-state index in [2.05, 4.69) is 0 Å². The van der Waals surface area contributed by atoms with Crippen LogP contribution in [-0.2, 0) is 9.59 Å². The largest absolute Gasteiger partial charge is 0.507 e. The van der Waals surface area contributed by atoms with Gasteiger partial charge in [-0.3, -0.25) is 14.5 Å². The average Bonchev–Trinajstić information content (AvgIpc) is 3.04. The first-order valence-electron chi connectivity index (χ1n) is 10.2. The number of ketones is 1. The van der Waals surface area contributed by atoms with Crippen LogP contribution in [0.25, 0.3) is 5.76 Å². The van der Waals surface area contributed by atoms with Crippen molar-refractivity contribution in [2.24, 2.45) is 0 Å². The van der Waals surface area contributed by atoms with E-state index in [0.717, 1.165) is 5.56 Å². The number of hydrogen-bond donors (Lipinski definition) is 1. The normalized spacial score (nSPS) is 17.9. The number of aliphatic hydroxyl groups excluding tert-OH is 1. The van der Waals surface area contributed by atoms with E-state index in [9.17, 15) is 19.1 Å². The second-order valence-corrected chi connectivity index (χ2v) is 8.42. The van der Waals surface area contributed by atoms with Crippen LogP contribution < -0.4 is 4.90 Å². The van der Waals surface area contributed by atoms with E-state index in [-0.39, 0.29) is 17.3 Å². The Morgan fingerprint density at radius 3 is 2.34 bits per heavy atom. The van der Waals surface area contributed by atoms with Gasteiger partial charge in [0.25, 0.3) is 11.7 Å². The third-order valence-corrected chi connectivity index (χ3v) is 5.79. The van der Waals surface area contributed by atoms with Gasteiger partial charge in [-0.2, -0.15) is 0 Å². The number of anilines is 1. The van der Waals surface area contributed by atoms with Gasteiger partial charge in [-0.05, 0) is 65.6 Å². The van der Waals surface area contributed by atoms with Gasteiger partial charge in [0.2, 0.25) is 0 Å². The van der Waals surface area contributed by atoms with E-state index >= 15 is 0 Å². The zero-order chi connectivity index (χ0) is 23.0. The molecule has 1 aliphatic heterocycles. The van der Waals surface area contributed by atoms with E-state index in [1.165, 1.54) is 23.1 Å². The Bertz CT molecular complexity index is 1230. The van der Waals surface area contributed by atoms with Crippen LogP contribution >= 0.6 is 11.6 Å². The van der Waals surface area contributed by atoms with Crippen molar-refractivity contribution in [3.05, 3.63) is 106 Å². The van der Waals surface area contributed by atoms with Gasteiger partial charge in [-0.1, -0.05) is 49.7 Å². The molecule has 6 heteroatoms. The lowest BCUT2D eigenvalue weighted by Crippen LogP contribution is -2.29. The van der Waals surface area contributed by atoms with Gasteiger partial charge in [0.1, 0.15) is 11.6 Å². The Labute approximate surface area is 190 Å². The van der Waals surface area contributed by atoms with Crippen molar-refractivity contribution < 1.29 is 19.1 Å². The molecule has 3 aromatic rings. The quantitative estimate of drug-likeness (QED) is 0.292. The topological polar surface area (TPSA) is 57.6 Å². The Morgan fingerprint density at radius 2 is 1.69 bits per heavy atom. The number of rotatable bonds is 4. The van der Waals surface area contributed by atoms with Crippen LogP contribution in [0, 0.1) is 5.82 Å². The number of amides is 1. The fraction of sp³-hybridized carbons (Fsp3) is 0.154. The molecule has 1 amide bonds. The first kappa shape index (κ1) is 21.8. The molecule has 1 atom stereocenters. The summed E-state index contributed by atoms with van der Waals surface area (Å²) in [5, 5.41) is 11.5. The molecule has 0 bridgehead atoms. The Morgan fingerprint density at radius 1 is 1.00 bits per heavy atom. The van der Waals surface area contributed by atoms with Crippen LogP contribution in [0.2, 0.25) is 5.02 Å². The monoisotopic (exact) mass is 449 g/mol. The van der Waals surface area contributed by atoms with Crippen LogP contribution in [0.3, 0.4) is 0 Å². The number of hydrogen-bond acceptors (Lipinski definition) is 3. The molecule has 1 N–H and O–H groups in total. The third kappa shape index (κ3) is 3.92. The molecule has 0 spiro atoms. The van der Waals surface area contributed by atoms with Crippen molar-refractivity contribution in [2.45, 2.75) is 25.8 Å². The molecule has 1 heterocycles. The van der Waals surface area contributed by atoms with Crippen LogP contribution in [0.4, 0.5) is 10.1 Å². The Balaban J connectivity index is 1.95. The fourth-order valence-corrected chi connectivity index (χ4v) is 4.01. The number of nitrogens with zero attached hydrogens (tertiary/aromatic N) is 1. The molecule has 1 fully saturated rings. The van der Waals surface area contributed by atoms with E-state index in [0.29, 0.717) is 21.8 Å². The van der Waals surface area contributed by atoms with Crippen molar-refractivity contribution in [1.29, 1.82) is 0 Å². The molecule has 0 radical (unpaired) electrons. The lowest BCUT2D eigenvalue weighted by molar-refractivity contribution is -0.132. The first-order valence-corrected chi connectivity index (χ1v) is 10.6. The predicted octanol–water partition coefficient (Wildman–Crippen LogP) is 6.23. The summed E-state index contributed by atoms with van der Waals surface area (Å²) in [6.07, 6.45) is 0. The van der Waals surface area contributed by atoms with Gasteiger partial charge in [-0.15, -0.1) is 0 Å². The molecule has 1 saturated heterocycles. The van der Waals surface area contributed by atoms with Gasteiger partial charge in [0.05, 0.1) is 11.6 Å². The summed E-state index contributed by atoms with van der Waals surface area (Å²) >= 11 is 5.94. The summed E-state index contributed by atoms with van der Waals surface area (Å²) in [4.78, 5) is 27.6. The van der Waals surface area contributed by atoms with Gasteiger partial charge >= 0.3 is 0 Å². The number of carbonyl (C=O) groups is 2. The zero-order valence-corrected chi connectivity index (χ0v) is 18.3. The molecule has 0 aliphatic carbocycles. The zero-order valence-electron chi connectivity index (χ0n) is 17.5. The second kappa shape index (κ2) is 8.60. The van der Waals surface area contributed by atoms with Crippen molar-refractivity contribution in [3.63, 3.8) is 0 Å². The molecule has 162 valence electrons. The molecular weight excluding hydrogens is 429 g/mol. The highest BCUT2D eigenvalue weighted by molar-refractivity contribution is 6.51. The van der Waals surface area contributed by atoms with Crippen LogP contribution in [0.1, 0.15) is 42.5 Å². The summed E-state index contributed by atoms with van der Waals surface area (Å²) in [6.45, 7) is 4.05. The van der Waals surface area contributed by atoms with E-state index < -0.39 is 23.5 Å². The molecule has 3 aromatic carbocycles. The molecule has 0 saturated carbocycles. The van der Waals surface area contributed by atoms with E-state index in [1.54, 1.807) is 36.4 Å². The summed E-state index contributed by atoms with van der Waals surface area (Å²) in [6, 6.07) is 18.3. The molecule has 0 aromatic heterocycles. The van der Waals surface area contributed by atoms with Gasteiger partial charge < -0.3 is 5.11 Å². The van der Waals surface area contributed by atoms with Crippen LogP contribution in [0.5, 0.6) is 0 Å². The highest BCUT2D eigenvalue weighted by Gasteiger charge is 2.47. The highest BCUT2D eigenvalue weighted by Crippen LogP contribution is 2.42. The Hall–Kier alpha value is -3.44. The molecule has 4 rings (SSSR count). The van der Waals surface area contributed by atoms with Crippen LogP contribution in [0.15, 0.2) is 78.4 Å². The maximum Gasteiger partial charge on any atom is 0.300 e. The van der Waals surface area contributed by atoms with Gasteiger partial charge in [0.15, 0.2) is 0 Å². The predicted molar refractivity (Wildman–Crippen MR) is 123 cm³/mol. The summed E-state index contributed by atoms with van der Waals surface area (Å²) in [5.74, 6) is -2.25. The molecule has 4 nitrogen and oxygen atoms in total. The minimum Gasteiger partial charge on any atom is -0.507 e. The SMILES string of the molecule is CC(C)c1cccc(N2C(=O)C(=O)/C(=C(/O)c3ccc(Cl)cc3)C2c2cccc(F)c2)c1. The lowest BCUT2D eigenvalue weighted by atomic mass is 9.94. The van der Waals surface area contributed by atoms with Crippen molar-refractivity contribution in [1.82, 2.24) is 0 Å². The number of benzene rings is 3. The summed E-state index contributed by atoms with van der Waals surface area (Å²) < 4.78 is 14.1. The lowest BCUT2D eigenvalue weighted by Gasteiger charge is -2.26. The fourth-order valence-electron chi connectivity index (χ4n) is 3.89. The summed E-state index contributed by atoms with van der Waals surface area (Å²) in [7, 11) is 0. The smallest absolute Gasteiger partial charge is 0.300 e. The van der Waals surface area contributed by atoms with Crippen LogP contribution in [-0.4, -0.2) is 16.8 Å². The van der Waals surface area contributed by atoms with Crippen molar-refractivity contribution in [2.75, 3.05) is 4.90 Å². The average molecular weight is 450 g/mol. The number of aliphatic hydroxyl groups is 1. The first-order chi connectivity index (χ1) is 15.3. The highest BCUT2D eigenvalue weighted by atomic mass is 35.5. The maximum atomic E-state index is 14.1. The molecule has 32 heavy (non-hydrogen) atoms. The minimum absolute atomic E-state index is 0.0992. The Kier molecular flexibility index (Phi) is 5.85. The molecule has 1 unspecified atom stereocenters. The van der Waals surface area contributed by atoms with Gasteiger partial charge in [-0.25, -0.2) is 4.39 Å². The van der Waals surface area contributed by atoms with E-state index in [1.807, 2.05) is 32.0 Å². The maximum absolute atomic E-state index is 14.1. The number of halogens is 2. The van der Waals surface area contributed by atoms with Crippen molar-refractivity contribution in [3.8, 4) is 0 Å². The summed E-state index contributed by atoms with van der Waals surface area (Å²) in [5.41, 5.74) is 2.11. The number of carbonyl (C=O) groups excluding carboxylic acids is 2. The van der Waals surface area contributed by atoms with E-state index in [4.69, 9.17) is 11.6 Å². The third-order valence-electron chi connectivity index (χ3n) is 5.54. The number of Topliss-reactive ketones (excluding diaryl/α,β-unsaturated/α-hetero) is 1. The van der Waals surface area contributed by atoms with Gasteiger partial charge in [0, 0.05) is 16.3 Å². The molecule has 1 aliphatic rings.